The van der Waals surface area contributed by atoms with E-state index in [9.17, 15) is 9.59 Å². The zero-order valence-corrected chi connectivity index (χ0v) is 12.5. The number of hydrogen-bond donors (Lipinski definition) is 1. The lowest BCUT2D eigenvalue weighted by molar-refractivity contribution is -0.130. The van der Waals surface area contributed by atoms with Crippen LogP contribution in [0.3, 0.4) is 0 Å². The lowest BCUT2D eigenvalue weighted by Gasteiger charge is -2.23. The first-order valence-corrected chi connectivity index (χ1v) is 7.64. The van der Waals surface area contributed by atoms with Gasteiger partial charge in [-0.25, -0.2) is 4.79 Å². The van der Waals surface area contributed by atoms with Gasteiger partial charge in [-0.2, -0.15) is 0 Å². The molecule has 1 aliphatic rings. The summed E-state index contributed by atoms with van der Waals surface area (Å²) in [5.41, 5.74) is 1.37. The van der Waals surface area contributed by atoms with E-state index in [0.29, 0.717) is 22.9 Å². The van der Waals surface area contributed by atoms with Gasteiger partial charge in [-0.3, -0.25) is 4.79 Å². The average molecular weight is 322 g/mol. The topological polar surface area (TPSA) is 55.4 Å². The molecule has 0 fully saturated rings. The Labute approximate surface area is 130 Å². The summed E-state index contributed by atoms with van der Waals surface area (Å²) < 4.78 is 5.87. The Bertz CT molecular complexity index is 698. The summed E-state index contributed by atoms with van der Waals surface area (Å²) in [6, 6.07) is 10.8. The van der Waals surface area contributed by atoms with Gasteiger partial charge in [0, 0.05) is 11.3 Å². The number of benzene rings is 1. The van der Waals surface area contributed by atoms with Gasteiger partial charge in [0.15, 0.2) is 6.10 Å². The quantitative estimate of drug-likeness (QED) is 0.884. The van der Waals surface area contributed by atoms with E-state index in [2.05, 4.69) is 5.32 Å². The van der Waals surface area contributed by atoms with Crippen LogP contribution in [0.1, 0.15) is 20.8 Å². The van der Waals surface area contributed by atoms with Crippen molar-refractivity contribution in [2.45, 2.75) is 19.1 Å². The van der Waals surface area contributed by atoms with E-state index in [1.807, 2.05) is 18.2 Å². The van der Waals surface area contributed by atoms with Crippen LogP contribution in [0.15, 0.2) is 36.4 Å². The maximum atomic E-state index is 12.1. The minimum Gasteiger partial charge on any atom is -0.448 e. The van der Waals surface area contributed by atoms with Crippen LogP contribution in [-0.2, 0) is 22.5 Å². The third kappa shape index (κ3) is 3.09. The highest BCUT2D eigenvalue weighted by molar-refractivity contribution is 7.16. The van der Waals surface area contributed by atoms with Gasteiger partial charge in [-0.05, 0) is 23.8 Å². The van der Waals surface area contributed by atoms with Gasteiger partial charge >= 0.3 is 5.97 Å². The first kappa shape index (κ1) is 14.1. The molecule has 1 atom stereocenters. The average Bonchev–Trinajstić information content (AvgIpc) is 2.90. The van der Waals surface area contributed by atoms with Crippen molar-refractivity contribution in [3.05, 3.63) is 56.7 Å². The lowest BCUT2D eigenvalue weighted by atomic mass is 9.98. The zero-order valence-electron chi connectivity index (χ0n) is 11.0. The highest BCUT2D eigenvalue weighted by Crippen LogP contribution is 2.22. The van der Waals surface area contributed by atoms with Crippen molar-refractivity contribution in [3.63, 3.8) is 0 Å². The van der Waals surface area contributed by atoms with Gasteiger partial charge in [0.1, 0.15) is 0 Å². The van der Waals surface area contributed by atoms with E-state index < -0.39 is 12.1 Å². The van der Waals surface area contributed by atoms with E-state index in [1.54, 1.807) is 18.2 Å². The van der Waals surface area contributed by atoms with Gasteiger partial charge in [0.2, 0.25) is 0 Å². The molecule has 6 heteroatoms. The van der Waals surface area contributed by atoms with Crippen molar-refractivity contribution >= 4 is 34.8 Å². The van der Waals surface area contributed by atoms with Crippen molar-refractivity contribution in [1.29, 1.82) is 0 Å². The van der Waals surface area contributed by atoms with Crippen LogP contribution >= 0.6 is 22.9 Å². The molecule has 1 aromatic heterocycles. The molecular formula is C15H12ClNO3S. The van der Waals surface area contributed by atoms with Gasteiger partial charge in [-0.15, -0.1) is 11.3 Å². The second-order valence-electron chi connectivity index (χ2n) is 4.68. The molecule has 1 aromatic carbocycles. The Morgan fingerprint density at radius 2 is 2.14 bits per heavy atom. The molecule has 1 N–H and O–H groups in total. The van der Waals surface area contributed by atoms with Crippen molar-refractivity contribution in [2.24, 2.45) is 0 Å². The summed E-state index contributed by atoms with van der Waals surface area (Å²) in [6.07, 6.45) is -0.373. The lowest BCUT2D eigenvalue weighted by Crippen LogP contribution is -2.41. The molecule has 21 heavy (non-hydrogen) atoms. The number of thiophene rings is 1. The number of rotatable bonds is 3. The molecule has 0 bridgehead atoms. The molecule has 2 heterocycles. The standard InChI is InChI=1S/C15H12ClNO3S/c16-13-6-5-10(21-13)8-17-14(18)12-7-9-3-1-2-4-11(9)15(19)20-12/h1-6,12H,7-8H2,(H,17,18)/t12-/m0/s1. The van der Waals surface area contributed by atoms with Crippen molar-refractivity contribution in [1.82, 2.24) is 5.32 Å². The van der Waals surface area contributed by atoms with Crippen LogP contribution in [-0.4, -0.2) is 18.0 Å². The molecule has 2 aromatic rings. The maximum Gasteiger partial charge on any atom is 0.339 e. The van der Waals surface area contributed by atoms with Crippen LogP contribution in [0, 0.1) is 0 Å². The fourth-order valence-electron chi connectivity index (χ4n) is 2.21. The molecule has 0 radical (unpaired) electrons. The van der Waals surface area contributed by atoms with Crippen LogP contribution in [0.4, 0.5) is 0 Å². The monoisotopic (exact) mass is 321 g/mol. The predicted octanol–water partition coefficient (Wildman–Crippen LogP) is 2.80. The fourth-order valence-corrected chi connectivity index (χ4v) is 3.24. The van der Waals surface area contributed by atoms with Crippen molar-refractivity contribution < 1.29 is 14.3 Å². The minimum atomic E-state index is -0.775. The number of amides is 1. The van der Waals surface area contributed by atoms with Crippen molar-refractivity contribution in [3.8, 4) is 0 Å². The number of nitrogens with one attached hydrogen (secondary N) is 1. The van der Waals surface area contributed by atoms with E-state index in [0.717, 1.165) is 10.4 Å². The number of ether oxygens (including phenoxy) is 1. The van der Waals surface area contributed by atoms with Crippen LogP contribution in [0.25, 0.3) is 0 Å². The third-order valence-corrected chi connectivity index (χ3v) is 4.48. The van der Waals surface area contributed by atoms with Crippen LogP contribution in [0.2, 0.25) is 4.34 Å². The first-order chi connectivity index (χ1) is 10.1. The number of fused-ring (bicyclic) bond motifs is 1. The fraction of sp³-hybridized carbons (Fsp3) is 0.200. The third-order valence-electron chi connectivity index (χ3n) is 3.25. The SMILES string of the molecule is O=C1O[C@H](C(=O)NCc2ccc(Cl)s2)Cc2ccccc21. The van der Waals surface area contributed by atoms with Crippen molar-refractivity contribution in [2.75, 3.05) is 0 Å². The molecule has 0 saturated carbocycles. The summed E-state index contributed by atoms with van der Waals surface area (Å²) in [7, 11) is 0. The molecular weight excluding hydrogens is 310 g/mol. The first-order valence-electron chi connectivity index (χ1n) is 6.44. The van der Waals surface area contributed by atoms with Gasteiger partial charge < -0.3 is 10.1 Å². The Balaban J connectivity index is 1.65. The summed E-state index contributed by atoms with van der Waals surface area (Å²) in [5, 5.41) is 2.77. The zero-order chi connectivity index (χ0) is 14.8. The number of halogens is 1. The van der Waals surface area contributed by atoms with E-state index in [4.69, 9.17) is 16.3 Å². The molecule has 0 spiro atoms. The second kappa shape index (κ2) is 5.87. The molecule has 4 nitrogen and oxygen atoms in total. The molecule has 1 amide bonds. The molecule has 1 aliphatic heterocycles. The van der Waals surface area contributed by atoms with Crippen LogP contribution < -0.4 is 5.32 Å². The molecule has 108 valence electrons. The minimum absolute atomic E-state index is 0.289. The number of carbonyl (C=O) groups excluding carboxylic acids is 2. The molecule has 0 saturated heterocycles. The van der Waals surface area contributed by atoms with Gasteiger partial charge in [-0.1, -0.05) is 29.8 Å². The summed E-state index contributed by atoms with van der Waals surface area (Å²) in [5.74, 6) is -0.737. The Hall–Kier alpha value is -1.85. The number of hydrogen-bond acceptors (Lipinski definition) is 4. The summed E-state index contributed by atoms with van der Waals surface area (Å²) in [4.78, 5) is 24.9. The Morgan fingerprint density at radius 1 is 1.33 bits per heavy atom. The second-order valence-corrected chi connectivity index (χ2v) is 6.48. The Morgan fingerprint density at radius 3 is 2.90 bits per heavy atom. The van der Waals surface area contributed by atoms with Gasteiger partial charge in [0.05, 0.1) is 16.4 Å². The Kier molecular flexibility index (Phi) is 3.94. The largest absolute Gasteiger partial charge is 0.448 e. The predicted molar refractivity (Wildman–Crippen MR) is 80.5 cm³/mol. The summed E-state index contributed by atoms with van der Waals surface area (Å²) >= 11 is 7.24. The molecule has 3 rings (SSSR count). The van der Waals surface area contributed by atoms with Gasteiger partial charge in [0.25, 0.3) is 5.91 Å². The highest BCUT2D eigenvalue weighted by Gasteiger charge is 2.30. The smallest absolute Gasteiger partial charge is 0.339 e. The highest BCUT2D eigenvalue weighted by atomic mass is 35.5. The molecule has 0 aliphatic carbocycles. The van der Waals surface area contributed by atoms with E-state index in [-0.39, 0.29) is 5.91 Å². The number of carbonyl (C=O) groups is 2. The molecule has 0 unspecified atom stereocenters. The summed E-state index contributed by atoms with van der Waals surface area (Å²) in [6.45, 7) is 0.381. The number of cyclic esters (lactones) is 1. The van der Waals surface area contributed by atoms with E-state index >= 15 is 0 Å². The number of esters is 1. The van der Waals surface area contributed by atoms with Crippen LogP contribution in [0.5, 0.6) is 0 Å². The maximum absolute atomic E-state index is 12.1. The normalized spacial score (nSPS) is 17.0. The van der Waals surface area contributed by atoms with E-state index in [1.165, 1.54) is 11.3 Å².